The Hall–Kier alpha value is -3.04. The van der Waals surface area contributed by atoms with Crippen LogP contribution in [0.5, 0.6) is 0 Å². The van der Waals surface area contributed by atoms with E-state index >= 15 is 0 Å². The van der Waals surface area contributed by atoms with Crippen molar-refractivity contribution >= 4 is 17.3 Å². The number of aliphatic hydroxyl groups excluding tert-OH is 1. The zero-order valence-corrected chi connectivity index (χ0v) is 18.8. The molecule has 1 aromatic heterocycles. The zero-order chi connectivity index (χ0) is 25.2. The van der Waals surface area contributed by atoms with Crippen molar-refractivity contribution in [1.29, 1.82) is 0 Å². The summed E-state index contributed by atoms with van der Waals surface area (Å²) in [7, 11) is 0. The van der Waals surface area contributed by atoms with E-state index in [4.69, 9.17) is 4.84 Å². The number of aromatic nitrogens is 2. The second kappa shape index (κ2) is 13.2. The van der Waals surface area contributed by atoms with Crippen molar-refractivity contribution in [2.45, 2.75) is 12.5 Å². The maximum Gasteiger partial charge on any atom is 0.297 e. The minimum Gasteiger partial charge on any atom is -0.390 e. The predicted octanol–water partition coefficient (Wildman–Crippen LogP) is 0.895. The summed E-state index contributed by atoms with van der Waals surface area (Å²) < 4.78 is 43.5. The van der Waals surface area contributed by atoms with E-state index in [0.717, 1.165) is 6.07 Å². The lowest BCUT2D eigenvalue weighted by molar-refractivity contribution is -0.112. The third-order valence-corrected chi connectivity index (χ3v) is 4.97. The van der Waals surface area contributed by atoms with Crippen LogP contribution in [0.25, 0.3) is 0 Å². The van der Waals surface area contributed by atoms with E-state index in [1.807, 2.05) is 0 Å². The molecule has 2 aromatic rings. The van der Waals surface area contributed by atoms with Crippen LogP contribution in [0.4, 0.5) is 24.5 Å². The Labute approximate surface area is 199 Å². The lowest BCUT2D eigenvalue weighted by Gasteiger charge is -2.25. The Kier molecular flexibility index (Phi) is 9.98. The van der Waals surface area contributed by atoms with Crippen LogP contribution in [0.3, 0.4) is 0 Å². The number of carbonyl (C=O) groups is 1. The van der Waals surface area contributed by atoms with Gasteiger partial charge in [0.15, 0.2) is 0 Å². The first-order valence-corrected chi connectivity index (χ1v) is 10.8. The summed E-state index contributed by atoms with van der Waals surface area (Å²) in [6, 6.07) is 4.09. The Bertz CT molecular complexity index is 945. The van der Waals surface area contributed by atoms with Gasteiger partial charge in [0, 0.05) is 38.1 Å². The van der Waals surface area contributed by atoms with Crippen LogP contribution in [0.2, 0.25) is 0 Å². The minimum absolute atomic E-state index is 0.0293. The van der Waals surface area contributed by atoms with Crippen LogP contribution in [0.15, 0.2) is 36.8 Å². The number of amides is 1. The Balaban J connectivity index is 1.51. The van der Waals surface area contributed by atoms with Gasteiger partial charge in [-0.1, -0.05) is 0 Å². The largest absolute Gasteiger partial charge is 0.390 e. The standard InChI is InChI=1S/C21H27F3N6O5/c22-17-9-15(29(33)12-16(31)10-26-14-34-13-20(23)24)1-2-19(17)28-5-6-30(35-8-7-28)21(32)18-11-25-3-4-27-18/h1-4,9,11,16,20,26,31,33H,5-8,10,12-14H2/t16-/m0/s1. The third kappa shape index (κ3) is 8.00. The Morgan fingerprint density at radius 1 is 1.29 bits per heavy atom. The van der Waals surface area contributed by atoms with E-state index in [1.165, 1.54) is 35.8 Å². The van der Waals surface area contributed by atoms with E-state index in [2.05, 4.69) is 20.0 Å². The van der Waals surface area contributed by atoms with Gasteiger partial charge in [-0.3, -0.25) is 30.2 Å². The van der Waals surface area contributed by atoms with Crippen molar-refractivity contribution in [3.05, 3.63) is 48.3 Å². The first-order valence-electron chi connectivity index (χ1n) is 10.8. The van der Waals surface area contributed by atoms with Gasteiger partial charge in [0.2, 0.25) is 0 Å². The van der Waals surface area contributed by atoms with Crippen LogP contribution in [0.1, 0.15) is 10.5 Å². The number of hydroxylamine groups is 3. The number of anilines is 2. The molecule has 0 spiro atoms. The number of aliphatic hydroxyl groups is 1. The van der Waals surface area contributed by atoms with Crippen molar-refractivity contribution < 1.29 is 37.9 Å². The van der Waals surface area contributed by atoms with Crippen LogP contribution in [-0.2, 0) is 9.57 Å². The molecule has 1 fully saturated rings. The number of hydrogen-bond acceptors (Lipinski definition) is 10. The SMILES string of the molecule is O=C(c1cnccn1)N1CCN(c2ccc(N(O)C[C@@H](O)CNCOCC(F)F)cc2F)CCO1. The van der Waals surface area contributed by atoms with Gasteiger partial charge in [-0.2, -0.15) is 0 Å². The fraction of sp³-hybridized carbons (Fsp3) is 0.476. The Morgan fingerprint density at radius 3 is 2.83 bits per heavy atom. The molecule has 0 unspecified atom stereocenters. The molecule has 1 aliphatic heterocycles. The molecule has 2 heterocycles. The van der Waals surface area contributed by atoms with Crippen LogP contribution in [-0.4, -0.2) is 96.4 Å². The van der Waals surface area contributed by atoms with E-state index in [-0.39, 0.29) is 50.0 Å². The van der Waals surface area contributed by atoms with Gasteiger partial charge in [0.05, 0.1) is 50.1 Å². The molecule has 35 heavy (non-hydrogen) atoms. The molecule has 0 bridgehead atoms. The number of halogens is 3. The maximum absolute atomic E-state index is 14.9. The minimum atomic E-state index is -2.58. The molecule has 3 N–H and O–H groups in total. The highest BCUT2D eigenvalue weighted by Crippen LogP contribution is 2.25. The second-order valence-corrected chi connectivity index (χ2v) is 7.55. The summed E-state index contributed by atoms with van der Waals surface area (Å²) in [5.74, 6) is -1.05. The molecule has 192 valence electrons. The number of rotatable bonds is 11. The smallest absolute Gasteiger partial charge is 0.297 e. The molecule has 1 amide bonds. The first kappa shape index (κ1) is 26.6. The van der Waals surface area contributed by atoms with Crippen molar-refractivity contribution in [2.75, 3.05) is 62.6 Å². The fourth-order valence-electron chi connectivity index (χ4n) is 3.32. The number of benzene rings is 1. The van der Waals surface area contributed by atoms with Gasteiger partial charge in [0.25, 0.3) is 12.3 Å². The molecule has 14 heteroatoms. The number of nitrogens with one attached hydrogen (secondary N) is 1. The first-order chi connectivity index (χ1) is 16.8. The topological polar surface area (TPSA) is 124 Å². The third-order valence-electron chi connectivity index (χ3n) is 4.97. The number of carbonyl (C=O) groups excluding carboxylic acids is 1. The van der Waals surface area contributed by atoms with Crippen molar-refractivity contribution in [2.24, 2.45) is 0 Å². The number of nitrogens with zero attached hydrogens (tertiary/aromatic N) is 5. The highest BCUT2D eigenvalue weighted by atomic mass is 19.3. The van der Waals surface area contributed by atoms with Gasteiger partial charge in [-0.15, -0.1) is 0 Å². The molecule has 1 aliphatic rings. The van der Waals surface area contributed by atoms with Crippen molar-refractivity contribution in [3.8, 4) is 0 Å². The van der Waals surface area contributed by atoms with Gasteiger partial charge in [0.1, 0.15) is 18.1 Å². The highest BCUT2D eigenvalue weighted by molar-refractivity contribution is 5.91. The summed E-state index contributed by atoms with van der Waals surface area (Å²) in [5, 5.41) is 24.6. The van der Waals surface area contributed by atoms with Crippen LogP contribution in [0, 0.1) is 5.82 Å². The summed E-state index contributed by atoms with van der Waals surface area (Å²) >= 11 is 0. The summed E-state index contributed by atoms with van der Waals surface area (Å²) in [5.41, 5.74) is 0.514. The average Bonchev–Trinajstić information content (AvgIpc) is 3.10. The molecule has 1 saturated heterocycles. The number of hydrogen-bond donors (Lipinski definition) is 3. The molecule has 0 radical (unpaired) electrons. The fourth-order valence-corrected chi connectivity index (χ4v) is 3.32. The molecule has 0 aliphatic carbocycles. The molecule has 1 atom stereocenters. The number of alkyl halides is 2. The number of ether oxygens (including phenoxy) is 1. The molecular weight excluding hydrogens is 473 g/mol. The quantitative estimate of drug-likeness (QED) is 0.233. The summed E-state index contributed by atoms with van der Waals surface area (Å²) in [6.45, 7) is -0.263. The second-order valence-electron chi connectivity index (χ2n) is 7.55. The van der Waals surface area contributed by atoms with Crippen molar-refractivity contribution in [3.63, 3.8) is 0 Å². The molecule has 3 rings (SSSR count). The summed E-state index contributed by atoms with van der Waals surface area (Å²) in [4.78, 5) is 27.5. The van der Waals surface area contributed by atoms with E-state index < -0.39 is 30.9 Å². The molecule has 0 saturated carbocycles. The molecule has 11 nitrogen and oxygen atoms in total. The van der Waals surface area contributed by atoms with E-state index in [1.54, 1.807) is 4.90 Å². The van der Waals surface area contributed by atoms with Gasteiger partial charge in [-0.25, -0.2) is 23.2 Å². The average molecular weight is 500 g/mol. The van der Waals surface area contributed by atoms with E-state index in [9.17, 15) is 28.3 Å². The van der Waals surface area contributed by atoms with Gasteiger partial charge >= 0.3 is 0 Å². The van der Waals surface area contributed by atoms with Gasteiger partial charge in [-0.05, 0) is 12.1 Å². The summed E-state index contributed by atoms with van der Waals surface area (Å²) in [6.07, 6.45) is 0.536. The van der Waals surface area contributed by atoms with Crippen LogP contribution >= 0.6 is 0 Å². The lowest BCUT2D eigenvalue weighted by atomic mass is 10.2. The maximum atomic E-state index is 14.9. The Morgan fingerprint density at radius 2 is 2.11 bits per heavy atom. The van der Waals surface area contributed by atoms with Crippen LogP contribution < -0.4 is 15.3 Å². The normalized spacial score (nSPS) is 15.3. The highest BCUT2D eigenvalue weighted by Gasteiger charge is 2.24. The van der Waals surface area contributed by atoms with Crippen molar-refractivity contribution in [1.82, 2.24) is 20.3 Å². The predicted molar refractivity (Wildman–Crippen MR) is 118 cm³/mol. The molecule has 1 aromatic carbocycles. The lowest BCUT2D eigenvalue weighted by Crippen LogP contribution is -2.38. The molecular formula is C21H27F3N6O5. The van der Waals surface area contributed by atoms with Gasteiger partial charge < -0.3 is 14.7 Å². The zero-order valence-electron chi connectivity index (χ0n) is 18.8. The van der Waals surface area contributed by atoms with E-state index in [0.29, 0.717) is 18.2 Å². The monoisotopic (exact) mass is 500 g/mol.